The summed E-state index contributed by atoms with van der Waals surface area (Å²) in [4.78, 5) is 33.8. The molecule has 230 valence electrons. The second-order valence-corrected chi connectivity index (χ2v) is 12.3. The molecule has 0 fully saturated rings. The summed E-state index contributed by atoms with van der Waals surface area (Å²) in [6.45, 7) is 3.74. The van der Waals surface area contributed by atoms with Gasteiger partial charge in [0.15, 0.2) is 22.3 Å². The number of hydrogen-bond acceptors (Lipinski definition) is 9. The van der Waals surface area contributed by atoms with Crippen LogP contribution in [-0.2, 0) is 17.1 Å². The minimum Gasteiger partial charge on any atom is -0.485 e. The molecular formula is C28H34N6O8S. The van der Waals surface area contributed by atoms with Gasteiger partial charge >= 0.3 is 6.03 Å². The number of likely N-dealkylation sites (N-methyl/N-ethyl adjacent to an activating group) is 1. The molecule has 1 aromatic heterocycles. The summed E-state index contributed by atoms with van der Waals surface area (Å²) in [5.41, 5.74) is 0.670. The number of nitrogens with zero attached hydrogens (tertiary/aromatic N) is 4. The largest absolute Gasteiger partial charge is 0.485 e. The van der Waals surface area contributed by atoms with Crippen LogP contribution < -0.4 is 24.2 Å². The highest BCUT2D eigenvalue weighted by Crippen LogP contribution is 2.37. The van der Waals surface area contributed by atoms with Gasteiger partial charge in [0, 0.05) is 44.5 Å². The predicted molar refractivity (Wildman–Crippen MR) is 156 cm³/mol. The summed E-state index contributed by atoms with van der Waals surface area (Å²) >= 11 is 0. The van der Waals surface area contributed by atoms with Gasteiger partial charge in [-0.05, 0) is 31.2 Å². The second-order valence-electron chi connectivity index (χ2n) is 10.7. The van der Waals surface area contributed by atoms with Crippen LogP contribution in [0.3, 0.4) is 0 Å². The van der Waals surface area contributed by atoms with E-state index < -0.39 is 34.1 Å². The van der Waals surface area contributed by atoms with Crippen LogP contribution in [0.2, 0.25) is 0 Å². The summed E-state index contributed by atoms with van der Waals surface area (Å²) in [5.74, 6) is 0.384. The van der Waals surface area contributed by atoms with E-state index in [-0.39, 0.29) is 54.4 Å². The number of fused-ring (bicyclic) bond motifs is 2. The molecule has 0 saturated carbocycles. The SMILES string of the molecule is C[C@H](CO)N1C[C@H](C)[C@H](CN(C)C(=O)Nc2ccc3c(c2)OCO3)Oc2c(NS(=O)(=O)c3cn(C)cn3)cccc2C1=O. The number of imidazole rings is 1. The summed E-state index contributed by atoms with van der Waals surface area (Å²) < 4.78 is 47.5. The number of amides is 3. The molecule has 0 bridgehead atoms. The average Bonchev–Trinajstić information content (AvgIpc) is 3.63. The maximum atomic E-state index is 13.7. The zero-order chi connectivity index (χ0) is 30.9. The maximum Gasteiger partial charge on any atom is 0.321 e. The fourth-order valence-electron chi connectivity index (χ4n) is 4.81. The molecule has 3 heterocycles. The number of para-hydroxylation sites is 1. The minimum absolute atomic E-state index is 0.0169. The van der Waals surface area contributed by atoms with Crippen molar-refractivity contribution in [2.75, 3.05) is 43.6 Å². The lowest BCUT2D eigenvalue weighted by molar-refractivity contribution is 0.0373. The zero-order valence-corrected chi connectivity index (χ0v) is 25.0. The molecule has 0 saturated heterocycles. The standard InChI is InChI=1S/C28H34N6O8S/c1-17-11-34(18(2)14-35)27(36)20-6-5-7-21(31-43(38,39)25-13-32(3)15-29-25)26(20)42-24(17)12-33(4)28(37)30-19-8-9-22-23(10-19)41-16-40-22/h5-10,13,15,17-18,24,31,35H,11-12,14,16H2,1-4H3,(H,30,37)/t17-,18+,24-/m0/s1. The quantitative estimate of drug-likeness (QED) is 0.345. The second kappa shape index (κ2) is 12.0. The van der Waals surface area contributed by atoms with Gasteiger partial charge in [-0.2, -0.15) is 8.42 Å². The van der Waals surface area contributed by atoms with Gasteiger partial charge < -0.3 is 39.0 Å². The highest BCUT2D eigenvalue weighted by atomic mass is 32.2. The van der Waals surface area contributed by atoms with Crippen molar-refractivity contribution in [3.05, 3.63) is 54.5 Å². The Morgan fingerprint density at radius 1 is 1.23 bits per heavy atom. The average molecular weight is 615 g/mol. The number of aryl methyl sites for hydroxylation is 1. The van der Waals surface area contributed by atoms with Crippen molar-refractivity contribution in [1.29, 1.82) is 0 Å². The Balaban J connectivity index is 1.44. The number of aliphatic hydroxyl groups excluding tert-OH is 1. The number of carbonyl (C=O) groups excluding carboxylic acids is 2. The molecule has 3 amide bonds. The van der Waals surface area contributed by atoms with E-state index in [9.17, 15) is 23.1 Å². The fourth-order valence-corrected chi connectivity index (χ4v) is 5.86. The molecule has 3 aromatic rings. The highest BCUT2D eigenvalue weighted by molar-refractivity contribution is 7.92. The number of benzene rings is 2. The first-order valence-electron chi connectivity index (χ1n) is 13.6. The van der Waals surface area contributed by atoms with Crippen molar-refractivity contribution in [2.24, 2.45) is 13.0 Å². The molecule has 0 unspecified atom stereocenters. The fraction of sp³-hybridized carbons (Fsp3) is 0.393. The van der Waals surface area contributed by atoms with Crippen LogP contribution in [-0.4, -0.2) is 90.5 Å². The van der Waals surface area contributed by atoms with E-state index in [1.54, 1.807) is 45.3 Å². The molecule has 0 spiro atoms. The molecule has 14 nitrogen and oxygen atoms in total. The van der Waals surface area contributed by atoms with Crippen molar-refractivity contribution in [3.8, 4) is 17.2 Å². The van der Waals surface area contributed by atoms with E-state index >= 15 is 0 Å². The molecule has 43 heavy (non-hydrogen) atoms. The van der Waals surface area contributed by atoms with Gasteiger partial charge in [-0.15, -0.1) is 0 Å². The normalized spacial score (nSPS) is 18.6. The van der Waals surface area contributed by atoms with E-state index in [1.165, 1.54) is 39.0 Å². The third kappa shape index (κ3) is 6.32. The van der Waals surface area contributed by atoms with Gasteiger partial charge in [-0.1, -0.05) is 13.0 Å². The summed E-state index contributed by atoms with van der Waals surface area (Å²) in [5, 5.41) is 12.5. The number of aromatic nitrogens is 2. The van der Waals surface area contributed by atoms with Gasteiger partial charge in [0.2, 0.25) is 6.79 Å². The number of carbonyl (C=O) groups is 2. The van der Waals surface area contributed by atoms with Gasteiger partial charge in [0.05, 0.1) is 36.8 Å². The van der Waals surface area contributed by atoms with Crippen LogP contribution in [0, 0.1) is 5.92 Å². The zero-order valence-electron chi connectivity index (χ0n) is 24.2. The lowest BCUT2D eigenvalue weighted by atomic mass is 9.99. The van der Waals surface area contributed by atoms with E-state index in [4.69, 9.17) is 14.2 Å². The molecule has 5 rings (SSSR count). The Bertz CT molecular complexity index is 1630. The molecular weight excluding hydrogens is 580 g/mol. The van der Waals surface area contributed by atoms with Crippen LogP contribution in [0.4, 0.5) is 16.2 Å². The first-order valence-corrected chi connectivity index (χ1v) is 15.1. The third-order valence-electron chi connectivity index (χ3n) is 7.32. The van der Waals surface area contributed by atoms with E-state index in [2.05, 4.69) is 15.0 Å². The van der Waals surface area contributed by atoms with Gasteiger partial charge in [0.1, 0.15) is 6.10 Å². The molecule has 15 heteroatoms. The van der Waals surface area contributed by atoms with E-state index in [1.807, 2.05) is 6.92 Å². The van der Waals surface area contributed by atoms with Crippen LogP contribution in [0.5, 0.6) is 17.2 Å². The topological polar surface area (TPSA) is 165 Å². The monoisotopic (exact) mass is 614 g/mol. The number of anilines is 2. The van der Waals surface area contributed by atoms with E-state index in [0.29, 0.717) is 17.2 Å². The van der Waals surface area contributed by atoms with Gasteiger partial charge in [-0.3, -0.25) is 9.52 Å². The van der Waals surface area contributed by atoms with Gasteiger partial charge in [-0.25, -0.2) is 9.78 Å². The van der Waals surface area contributed by atoms with Crippen molar-refractivity contribution in [2.45, 2.75) is 31.0 Å². The van der Waals surface area contributed by atoms with Crippen LogP contribution in [0.25, 0.3) is 0 Å². The van der Waals surface area contributed by atoms with Crippen molar-refractivity contribution in [1.82, 2.24) is 19.4 Å². The number of sulfonamides is 1. The molecule has 0 aliphatic carbocycles. The highest BCUT2D eigenvalue weighted by Gasteiger charge is 2.35. The van der Waals surface area contributed by atoms with Crippen LogP contribution >= 0.6 is 0 Å². The van der Waals surface area contributed by atoms with Crippen molar-refractivity contribution < 1.29 is 37.3 Å². The van der Waals surface area contributed by atoms with Gasteiger partial charge in [0.25, 0.3) is 15.9 Å². The van der Waals surface area contributed by atoms with Crippen LogP contribution in [0.15, 0.2) is 53.9 Å². The first kappa shape index (κ1) is 30.0. The molecule has 0 radical (unpaired) electrons. The summed E-state index contributed by atoms with van der Waals surface area (Å²) in [7, 11) is -0.875. The number of ether oxygens (including phenoxy) is 3. The molecule has 3 atom stereocenters. The Morgan fingerprint density at radius 3 is 2.72 bits per heavy atom. The van der Waals surface area contributed by atoms with E-state index in [0.717, 1.165) is 0 Å². The molecule has 2 aliphatic rings. The lowest BCUT2D eigenvalue weighted by Gasteiger charge is -2.38. The molecule has 2 aliphatic heterocycles. The number of aliphatic hydroxyl groups is 1. The Kier molecular flexibility index (Phi) is 8.37. The van der Waals surface area contributed by atoms with Crippen molar-refractivity contribution >= 4 is 33.3 Å². The smallest absolute Gasteiger partial charge is 0.321 e. The number of nitrogens with one attached hydrogen (secondary N) is 2. The van der Waals surface area contributed by atoms with Crippen molar-refractivity contribution in [3.63, 3.8) is 0 Å². The maximum absolute atomic E-state index is 13.7. The van der Waals surface area contributed by atoms with Crippen LogP contribution in [0.1, 0.15) is 24.2 Å². The molecule has 3 N–H and O–H groups in total. The Labute approximate surface area is 249 Å². The minimum atomic E-state index is -4.13. The summed E-state index contributed by atoms with van der Waals surface area (Å²) in [6, 6.07) is 8.70. The Morgan fingerprint density at radius 2 is 2.00 bits per heavy atom. The third-order valence-corrected chi connectivity index (χ3v) is 8.57. The lowest BCUT2D eigenvalue weighted by Crippen LogP contribution is -2.50. The number of hydrogen-bond donors (Lipinski definition) is 3. The Hall–Kier alpha value is -4.50. The number of urea groups is 1. The number of rotatable bonds is 8. The summed E-state index contributed by atoms with van der Waals surface area (Å²) in [6.07, 6.45) is 2.04. The predicted octanol–water partition coefficient (Wildman–Crippen LogP) is 2.33. The first-order chi connectivity index (χ1) is 20.5. The molecule has 2 aromatic carbocycles.